The van der Waals surface area contributed by atoms with Crippen LogP contribution in [0.25, 0.3) is 0 Å². The van der Waals surface area contributed by atoms with Gasteiger partial charge in [-0.2, -0.15) is 5.26 Å². The van der Waals surface area contributed by atoms with Crippen LogP contribution in [0.5, 0.6) is 0 Å². The Morgan fingerprint density at radius 1 is 1.32 bits per heavy atom. The molecule has 5 heteroatoms. The third kappa shape index (κ3) is 2.88. The molecule has 1 saturated carbocycles. The van der Waals surface area contributed by atoms with Crippen molar-refractivity contribution in [3.05, 3.63) is 22.9 Å². The number of rotatable bonds is 3. The van der Waals surface area contributed by atoms with E-state index in [2.05, 4.69) is 20.9 Å². The molecule has 132 valence electrons. The fraction of sp³-hybridized carbons (Fsp3) is 0.650. The molecule has 1 unspecified atom stereocenters. The van der Waals surface area contributed by atoms with Crippen LogP contribution >= 0.6 is 0 Å². The van der Waals surface area contributed by atoms with E-state index in [4.69, 9.17) is 0 Å². The maximum Gasteiger partial charge on any atom is 0.230 e. The number of hydrogen-bond donors (Lipinski definition) is 0. The second-order valence-electron chi connectivity index (χ2n) is 8.14. The summed E-state index contributed by atoms with van der Waals surface area (Å²) >= 11 is 0. The van der Waals surface area contributed by atoms with Crippen LogP contribution < -0.4 is 4.90 Å². The highest BCUT2D eigenvalue weighted by atomic mass is 16.2. The number of anilines is 1. The van der Waals surface area contributed by atoms with E-state index in [-0.39, 0.29) is 5.41 Å². The van der Waals surface area contributed by atoms with Crippen molar-refractivity contribution in [1.82, 2.24) is 9.88 Å². The fourth-order valence-electron chi connectivity index (χ4n) is 4.55. The van der Waals surface area contributed by atoms with Gasteiger partial charge in [0.25, 0.3) is 0 Å². The van der Waals surface area contributed by atoms with E-state index in [1.807, 2.05) is 19.9 Å². The number of amides is 1. The molecule has 1 aliphatic carbocycles. The van der Waals surface area contributed by atoms with Crippen molar-refractivity contribution in [2.45, 2.75) is 46.0 Å². The predicted octanol–water partition coefficient (Wildman–Crippen LogP) is 2.80. The monoisotopic (exact) mass is 338 g/mol. The average Bonchev–Trinajstić information content (AvgIpc) is 3.29. The van der Waals surface area contributed by atoms with E-state index >= 15 is 0 Å². The lowest BCUT2D eigenvalue weighted by atomic mass is 9.78. The lowest BCUT2D eigenvalue weighted by molar-refractivity contribution is -0.145. The summed E-state index contributed by atoms with van der Waals surface area (Å²) in [6.45, 7) is 7.32. The van der Waals surface area contributed by atoms with Crippen LogP contribution in [0.4, 0.5) is 5.82 Å². The molecule has 4 rings (SSSR count). The number of pyridine rings is 1. The van der Waals surface area contributed by atoms with Gasteiger partial charge in [0.1, 0.15) is 11.9 Å². The smallest absolute Gasteiger partial charge is 0.230 e. The van der Waals surface area contributed by atoms with E-state index in [0.29, 0.717) is 18.0 Å². The third-order valence-corrected chi connectivity index (χ3v) is 6.09. The Morgan fingerprint density at radius 3 is 2.84 bits per heavy atom. The zero-order valence-corrected chi connectivity index (χ0v) is 15.2. The molecular weight excluding hydrogens is 312 g/mol. The van der Waals surface area contributed by atoms with Gasteiger partial charge in [0.2, 0.25) is 5.91 Å². The number of aryl methyl sites for hydroxylation is 2. The minimum absolute atomic E-state index is 0.265. The van der Waals surface area contributed by atoms with Gasteiger partial charge in [-0.3, -0.25) is 4.79 Å². The van der Waals surface area contributed by atoms with E-state index < -0.39 is 0 Å². The first kappa shape index (κ1) is 16.4. The molecule has 2 aliphatic heterocycles. The first-order valence-corrected chi connectivity index (χ1v) is 9.45. The lowest BCUT2D eigenvalue weighted by Gasteiger charge is -2.39. The molecule has 1 spiro atoms. The number of carbonyl (C=O) groups excluding carboxylic acids is 1. The Hall–Kier alpha value is -2.09. The van der Waals surface area contributed by atoms with Crippen LogP contribution in [0.15, 0.2) is 6.07 Å². The molecule has 1 amide bonds. The van der Waals surface area contributed by atoms with Crippen LogP contribution in [-0.2, 0) is 4.79 Å². The van der Waals surface area contributed by atoms with Gasteiger partial charge in [0.05, 0.1) is 11.0 Å². The zero-order chi connectivity index (χ0) is 17.6. The van der Waals surface area contributed by atoms with Crippen molar-refractivity contribution < 1.29 is 4.79 Å². The molecule has 3 fully saturated rings. The maximum absolute atomic E-state index is 13.2. The Labute approximate surface area is 149 Å². The molecule has 3 heterocycles. The number of carbonyl (C=O) groups is 1. The van der Waals surface area contributed by atoms with Crippen molar-refractivity contribution in [3.8, 4) is 6.07 Å². The molecule has 1 atom stereocenters. The van der Waals surface area contributed by atoms with E-state index in [0.717, 1.165) is 61.9 Å². The molecule has 0 bridgehead atoms. The summed E-state index contributed by atoms with van der Waals surface area (Å²) in [4.78, 5) is 22.1. The van der Waals surface area contributed by atoms with Crippen molar-refractivity contribution >= 4 is 11.7 Å². The first-order chi connectivity index (χ1) is 12.0. The average molecular weight is 338 g/mol. The SMILES string of the molecule is Cc1cc(C)c(C#N)c(N2CCC3(CCCN(CC4CC4)C3=O)C2)n1. The number of piperidine rings is 1. The van der Waals surface area contributed by atoms with Crippen LogP contribution in [0.2, 0.25) is 0 Å². The zero-order valence-electron chi connectivity index (χ0n) is 15.2. The van der Waals surface area contributed by atoms with E-state index in [1.165, 1.54) is 12.8 Å². The van der Waals surface area contributed by atoms with Crippen LogP contribution in [0.3, 0.4) is 0 Å². The van der Waals surface area contributed by atoms with Crippen molar-refractivity contribution in [2.75, 3.05) is 31.1 Å². The van der Waals surface area contributed by atoms with Gasteiger partial charge in [0, 0.05) is 31.9 Å². The van der Waals surface area contributed by atoms with Gasteiger partial charge in [-0.05, 0) is 63.5 Å². The van der Waals surface area contributed by atoms with Gasteiger partial charge in [-0.25, -0.2) is 4.98 Å². The molecule has 0 aromatic carbocycles. The molecule has 5 nitrogen and oxygen atoms in total. The second kappa shape index (κ2) is 6.01. The van der Waals surface area contributed by atoms with Gasteiger partial charge < -0.3 is 9.80 Å². The Balaban J connectivity index is 1.58. The number of nitriles is 1. The maximum atomic E-state index is 13.2. The minimum Gasteiger partial charge on any atom is -0.354 e. The molecule has 2 saturated heterocycles. The number of hydrogen-bond acceptors (Lipinski definition) is 4. The minimum atomic E-state index is -0.265. The third-order valence-electron chi connectivity index (χ3n) is 6.09. The second-order valence-corrected chi connectivity index (χ2v) is 8.14. The molecular formula is C20H26N4O. The van der Waals surface area contributed by atoms with Crippen LogP contribution in [-0.4, -0.2) is 42.0 Å². The summed E-state index contributed by atoms with van der Waals surface area (Å²) in [6, 6.07) is 4.27. The molecule has 25 heavy (non-hydrogen) atoms. The predicted molar refractivity (Wildman–Crippen MR) is 96.2 cm³/mol. The van der Waals surface area contributed by atoms with Gasteiger partial charge in [-0.15, -0.1) is 0 Å². The summed E-state index contributed by atoms with van der Waals surface area (Å²) in [5.41, 5.74) is 2.29. The highest BCUT2D eigenvalue weighted by molar-refractivity contribution is 5.85. The molecule has 1 aromatic rings. The Morgan fingerprint density at radius 2 is 2.12 bits per heavy atom. The van der Waals surface area contributed by atoms with E-state index in [1.54, 1.807) is 0 Å². The van der Waals surface area contributed by atoms with Crippen molar-refractivity contribution in [2.24, 2.45) is 11.3 Å². The standard InChI is InChI=1S/C20H26N4O/c1-14-10-15(2)22-18(17(14)11-21)24-9-7-20(13-24)6-3-8-23(19(20)25)12-16-4-5-16/h10,16H,3-9,12-13H2,1-2H3. The van der Waals surface area contributed by atoms with Crippen LogP contribution in [0, 0.1) is 36.5 Å². The van der Waals surface area contributed by atoms with Crippen LogP contribution in [0.1, 0.15) is 48.9 Å². The summed E-state index contributed by atoms with van der Waals surface area (Å²) < 4.78 is 0. The number of aromatic nitrogens is 1. The Bertz CT molecular complexity index is 749. The van der Waals surface area contributed by atoms with Gasteiger partial charge in [-0.1, -0.05) is 0 Å². The highest BCUT2D eigenvalue weighted by Gasteiger charge is 2.49. The number of likely N-dealkylation sites (tertiary alicyclic amines) is 1. The van der Waals surface area contributed by atoms with Gasteiger partial charge >= 0.3 is 0 Å². The van der Waals surface area contributed by atoms with Crippen molar-refractivity contribution in [1.29, 1.82) is 5.26 Å². The van der Waals surface area contributed by atoms with E-state index in [9.17, 15) is 10.1 Å². The number of nitrogens with zero attached hydrogens (tertiary/aromatic N) is 4. The lowest BCUT2D eigenvalue weighted by Crippen LogP contribution is -2.50. The first-order valence-electron chi connectivity index (χ1n) is 9.45. The normalized spacial score (nSPS) is 26.4. The summed E-state index contributed by atoms with van der Waals surface area (Å²) in [7, 11) is 0. The van der Waals surface area contributed by atoms with Crippen molar-refractivity contribution in [3.63, 3.8) is 0 Å². The fourth-order valence-corrected chi connectivity index (χ4v) is 4.55. The molecule has 0 radical (unpaired) electrons. The quantitative estimate of drug-likeness (QED) is 0.850. The highest BCUT2D eigenvalue weighted by Crippen LogP contribution is 2.43. The van der Waals surface area contributed by atoms with Gasteiger partial charge in [0.15, 0.2) is 0 Å². The topological polar surface area (TPSA) is 60.2 Å². The summed E-state index contributed by atoms with van der Waals surface area (Å²) in [5, 5.41) is 9.56. The summed E-state index contributed by atoms with van der Waals surface area (Å²) in [6.07, 6.45) is 5.50. The Kier molecular flexibility index (Phi) is 3.94. The largest absolute Gasteiger partial charge is 0.354 e. The molecule has 3 aliphatic rings. The molecule has 0 N–H and O–H groups in total. The molecule has 1 aromatic heterocycles. The summed E-state index contributed by atoms with van der Waals surface area (Å²) in [5.74, 6) is 1.85.